The smallest absolute Gasteiger partial charge is 0.258 e. The topological polar surface area (TPSA) is 54.3 Å². The van der Waals surface area contributed by atoms with Crippen molar-refractivity contribution in [1.29, 1.82) is 0 Å². The van der Waals surface area contributed by atoms with Crippen LogP contribution in [-0.2, 0) is 18.3 Å². The third-order valence-electron chi connectivity index (χ3n) is 5.70. The highest BCUT2D eigenvalue weighted by atomic mass is 19.2. The van der Waals surface area contributed by atoms with E-state index in [4.69, 9.17) is 0 Å². The van der Waals surface area contributed by atoms with Crippen LogP contribution in [0.2, 0.25) is 0 Å². The molecule has 0 saturated heterocycles. The highest BCUT2D eigenvalue weighted by Crippen LogP contribution is 2.30. The summed E-state index contributed by atoms with van der Waals surface area (Å²) in [5.74, 6) is -2.21. The van der Waals surface area contributed by atoms with Crippen LogP contribution >= 0.6 is 0 Å². The van der Waals surface area contributed by atoms with Gasteiger partial charge in [0.2, 0.25) is 5.91 Å². The van der Waals surface area contributed by atoms with Gasteiger partial charge in [-0.1, -0.05) is 18.2 Å². The molecule has 0 spiro atoms. The largest absolute Gasteiger partial charge is 0.373 e. The fourth-order valence-corrected chi connectivity index (χ4v) is 3.91. The summed E-state index contributed by atoms with van der Waals surface area (Å²) in [5.41, 5.74) is 2.18. The number of rotatable bonds is 3. The zero-order valence-corrected chi connectivity index (χ0v) is 16.4. The summed E-state index contributed by atoms with van der Waals surface area (Å²) in [6, 6.07) is 8.86. The number of nitrogens with zero attached hydrogens (tertiary/aromatic N) is 2. The Balaban J connectivity index is 1.69. The van der Waals surface area contributed by atoms with Gasteiger partial charge in [0, 0.05) is 32.4 Å². The molecule has 0 bridgehead atoms. The number of fused-ring (bicyclic) bond motifs is 2. The first-order valence-corrected chi connectivity index (χ1v) is 9.37. The third kappa shape index (κ3) is 3.16. The van der Waals surface area contributed by atoms with Crippen molar-refractivity contribution in [2.45, 2.75) is 25.4 Å². The summed E-state index contributed by atoms with van der Waals surface area (Å²) < 4.78 is 29.0. The van der Waals surface area contributed by atoms with Crippen LogP contribution in [0.15, 0.2) is 47.4 Å². The lowest BCUT2D eigenvalue weighted by Crippen LogP contribution is -2.41. The van der Waals surface area contributed by atoms with Crippen LogP contribution in [0.5, 0.6) is 0 Å². The Morgan fingerprint density at radius 2 is 1.86 bits per heavy atom. The van der Waals surface area contributed by atoms with Gasteiger partial charge in [0.1, 0.15) is 6.04 Å². The van der Waals surface area contributed by atoms with Gasteiger partial charge in [0.05, 0.1) is 11.4 Å². The van der Waals surface area contributed by atoms with E-state index in [-0.39, 0.29) is 11.3 Å². The minimum atomic E-state index is -1.07. The number of nitrogens with one attached hydrogen (secondary N) is 1. The van der Waals surface area contributed by atoms with Crippen molar-refractivity contribution in [2.75, 3.05) is 12.4 Å². The molecule has 1 aromatic heterocycles. The van der Waals surface area contributed by atoms with Crippen molar-refractivity contribution in [2.24, 2.45) is 7.05 Å². The van der Waals surface area contributed by atoms with Crippen LogP contribution in [0.4, 0.5) is 14.5 Å². The first kappa shape index (κ1) is 19.1. The summed E-state index contributed by atoms with van der Waals surface area (Å²) in [5, 5.41) is 3.63. The van der Waals surface area contributed by atoms with Gasteiger partial charge in [0.25, 0.3) is 5.56 Å². The van der Waals surface area contributed by atoms with Crippen LogP contribution in [0.25, 0.3) is 10.8 Å². The number of pyridine rings is 1. The van der Waals surface area contributed by atoms with Crippen LogP contribution in [0.3, 0.4) is 0 Å². The number of carbonyl (C=O) groups is 1. The van der Waals surface area contributed by atoms with Gasteiger partial charge in [-0.3, -0.25) is 9.59 Å². The Kier molecular flexibility index (Phi) is 4.61. The van der Waals surface area contributed by atoms with Crippen molar-refractivity contribution in [1.82, 2.24) is 9.47 Å². The van der Waals surface area contributed by atoms with Crippen LogP contribution in [0.1, 0.15) is 24.1 Å². The number of hydrogen-bond acceptors (Lipinski definition) is 3. The lowest BCUT2D eigenvalue weighted by Gasteiger charge is -2.29. The Labute approximate surface area is 166 Å². The van der Waals surface area contributed by atoms with Crippen LogP contribution in [-0.4, -0.2) is 28.5 Å². The average molecular weight is 397 g/mol. The van der Waals surface area contributed by atoms with E-state index >= 15 is 0 Å². The molecule has 0 aliphatic carbocycles. The summed E-state index contributed by atoms with van der Waals surface area (Å²) in [7, 11) is 3.23. The Bertz CT molecular complexity index is 1160. The first-order chi connectivity index (χ1) is 13.8. The van der Waals surface area contributed by atoms with Crippen molar-refractivity contribution in [3.63, 3.8) is 0 Å². The van der Waals surface area contributed by atoms with E-state index in [2.05, 4.69) is 5.32 Å². The molecule has 7 heteroatoms. The van der Waals surface area contributed by atoms with Crippen LogP contribution in [0, 0.1) is 11.6 Å². The van der Waals surface area contributed by atoms with Crippen molar-refractivity contribution >= 4 is 22.4 Å². The summed E-state index contributed by atoms with van der Waals surface area (Å²) >= 11 is 0. The maximum atomic E-state index is 13.9. The molecule has 0 saturated carbocycles. The number of hydrogen-bond donors (Lipinski definition) is 1. The highest BCUT2D eigenvalue weighted by Gasteiger charge is 2.31. The van der Waals surface area contributed by atoms with E-state index in [0.29, 0.717) is 17.4 Å². The summed E-state index contributed by atoms with van der Waals surface area (Å²) in [4.78, 5) is 27.1. The zero-order chi connectivity index (χ0) is 20.9. The Morgan fingerprint density at radius 1 is 1.21 bits per heavy atom. The molecule has 4 rings (SSSR count). The second-order valence-electron chi connectivity index (χ2n) is 7.50. The number of carbonyl (C=O) groups excluding carboxylic acids is 1. The minimum absolute atomic E-state index is 0.0861. The normalized spacial score (nSPS) is 16.4. The van der Waals surface area contributed by atoms with Crippen molar-refractivity contribution in [3.8, 4) is 0 Å². The number of halogens is 2. The fourth-order valence-electron chi connectivity index (χ4n) is 3.91. The van der Waals surface area contributed by atoms with Crippen molar-refractivity contribution in [3.05, 3.63) is 75.7 Å². The molecule has 1 aliphatic heterocycles. The van der Waals surface area contributed by atoms with Gasteiger partial charge in [-0.05, 0) is 41.6 Å². The monoisotopic (exact) mass is 397 g/mol. The molecular weight excluding hydrogens is 376 g/mol. The van der Waals surface area contributed by atoms with E-state index in [1.807, 2.05) is 24.3 Å². The van der Waals surface area contributed by atoms with E-state index in [9.17, 15) is 18.4 Å². The number of likely N-dealkylation sites (N-methyl/N-ethyl adjacent to an activating group) is 1. The molecule has 3 aromatic rings. The third-order valence-corrected chi connectivity index (χ3v) is 5.70. The maximum absolute atomic E-state index is 13.9. The molecule has 0 unspecified atom stereocenters. The predicted molar refractivity (Wildman–Crippen MR) is 108 cm³/mol. The number of amides is 1. The van der Waals surface area contributed by atoms with Crippen molar-refractivity contribution < 1.29 is 13.6 Å². The quantitative estimate of drug-likeness (QED) is 0.737. The number of aryl methyl sites for hydroxylation is 1. The molecule has 2 aromatic carbocycles. The maximum Gasteiger partial charge on any atom is 0.258 e. The van der Waals surface area contributed by atoms with Gasteiger partial charge in [-0.2, -0.15) is 0 Å². The molecule has 1 amide bonds. The number of benzene rings is 2. The zero-order valence-electron chi connectivity index (χ0n) is 16.4. The molecule has 1 N–H and O–H groups in total. The first-order valence-electron chi connectivity index (χ1n) is 9.37. The number of aromatic nitrogens is 1. The van der Waals surface area contributed by atoms with Gasteiger partial charge in [-0.15, -0.1) is 0 Å². The average Bonchev–Trinajstić information content (AvgIpc) is 3.15. The lowest BCUT2D eigenvalue weighted by atomic mass is 10.00. The van der Waals surface area contributed by atoms with E-state index in [0.717, 1.165) is 23.4 Å². The Morgan fingerprint density at radius 3 is 2.55 bits per heavy atom. The lowest BCUT2D eigenvalue weighted by molar-refractivity contribution is -0.132. The van der Waals surface area contributed by atoms with E-state index in [1.54, 1.807) is 32.1 Å². The second-order valence-corrected chi connectivity index (χ2v) is 7.50. The standard InChI is InChI=1S/C22H21F2N3O2/c1-12(27(3)22(29)20-8-13-6-4-5-7-19(13)25-20)16-11-26(2)21(28)15-10-18(24)17(23)9-14(15)16/h4-7,9-12,20,25H,8H2,1-3H3/t12-,20-/m1/s1. The number of para-hydroxylation sites is 1. The fraction of sp³-hybridized carbons (Fsp3) is 0.273. The van der Waals surface area contributed by atoms with E-state index in [1.165, 1.54) is 4.57 Å². The molecule has 2 heterocycles. The molecule has 29 heavy (non-hydrogen) atoms. The summed E-state index contributed by atoms with van der Waals surface area (Å²) in [6.45, 7) is 1.81. The molecule has 0 fully saturated rings. The Hall–Kier alpha value is -3.22. The SMILES string of the molecule is C[C@H](c1cn(C)c(=O)c2cc(F)c(F)cc12)N(C)C(=O)[C@H]1Cc2ccccc2N1. The molecule has 2 atom stereocenters. The van der Waals surface area contributed by atoms with Gasteiger partial charge in [-0.25, -0.2) is 8.78 Å². The second kappa shape index (κ2) is 6.99. The molecule has 150 valence electrons. The van der Waals surface area contributed by atoms with Gasteiger partial charge < -0.3 is 14.8 Å². The molecule has 5 nitrogen and oxygen atoms in total. The van der Waals surface area contributed by atoms with Crippen LogP contribution < -0.4 is 10.9 Å². The minimum Gasteiger partial charge on any atom is -0.373 e. The molecule has 0 radical (unpaired) electrons. The summed E-state index contributed by atoms with van der Waals surface area (Å²) in [6.07, 6.45) is 2.16. The predicted octanol–water partition coefficient (Wildman–Crippen LogP) is 3.37. The van der Waals surface area contributed by atoms with E-state index < -0.39 is 29.3 Å². The van der Waals surface area contributed by atoms with Gasteiger partial charge in [0.15, 0.2) is 11.6 Å². The molecular formula is C22H21F2N3O2. The number of anilines is 1. The molecule has 1 aliphatic rings. The van der Waals surface area contributed by atoms with Gasteiger partial charge >= 0.3 is 0 Å². The highest BCUT2D eigenvalue weighted by molar-refractivity contribution is 5.89.